The molecule has 0 spiro atoms. The predicted octanol–water partition coefficient (Wildman–Crippen LogP) is 3.77. The van der Waals surface area contributed by atoms with Crippen LogP contribution in [-0.4, -0.2) is 38.3 Å². The number of imidazole rings is 1. The van der Waals surface area contributed by atoms with E-state index in [0.29, 0.717) is 40.3 Å². The van der Waals surface area contributed by atoms with E-state index in [9.17, 15) is 9.59 Å². The summed E-state index contributed by atoms with van der Waals surface area (Å²) in [6.45, 7) is 7.08. The molecular formula is C19H22BrN5O3. The summed E-state index contributed by atoms with van der Waals surface area (Å²) in [5.41, 5.74) is 3.05. The lowest BCUT2D eigenvalue weighted by Gasteiger charge is -2.10. The SMILES string of the molecule is CCCn1c(NC(=O)c2cc(C)nn2CC)nc2cc(C(=O)OC)cc(Br)c21. The molecule has 2 heterocycles. The van der Waals surface area contributed by atoms with E-state index in [2.05, 4.69) is 31.3 Å². The Morgan fingerprint density at radius 3 is 2.64 bits per heavy atom. The Kier molecular flexibility index (Phi) is 5.83. The standard InChI is InChI=1S/C19H22BrN5O3/c1-5-7-24-16-13(20)9-12(18(27)28-4)10-14(16)21-19(24)22-17(26)15-8-11(3)23-25(15)6-2/h8-10H,5-7H2,1-4H3,(H,21,22,26). The Bertz CT molecular complexity index is 1050. The highest BCUT2D eigenvalue weighted by Crippen LogP contribution is 2.30. The Morgan fingerprint density at radius 1 is 1.25 bits per heavy atom. The van der Waals surface area contributed by atoms with Gasteiger partial charge >= 0.3 is 5.97 Å². The smallest absolute Gasteiger partial charge is 0.337 e. The molecule has 0 atom stereocenters. The molecule has 0 saturated carbocycles. The van der Waals surface area contributed by atoms with E-state index in [4.69, 9.17) is 4.74 Å². The average Bonchev–Trinajstić information content (AvgIpc) is 3.21. The third-order valence-electron chi connectivity index (χ3n) is 4.32. The molecular weight excluding hydrogens is 426 g/mol. The van der Waals surface area contributed by atoms with E-state index >= 15 is 0 Å². The average molecular weight is 448 g/mol. The van der Waals surface area contributed by atoms with Crippen molar-refractivity contribution in [3.63, 3.8) is 0 Å². The summed E-state index contributed by atoms with van der Waals surface area (Å²) in [4.78, 5) is 29.3. The Morgan fingerprint density at radius 2 is 2.00 bits per heavy atom. The number of anilines is 1. The number of aromatic nitrogens is 4. The third-order valence-corrected chi connectivity index (χ3v) is 4.93. The van der Waals surface area contributed by atoms with Gasteiger partial charge in [0.1, 0.15) is 5.69 Å². The van der Waals surface area contributed by atoms with Crippen molar-refractivity contribution >= 4 is 44.8 Å². The number of hydrogen-bond donors (Lipinski definition) is 1. The Hall–Kier alpha value is -2.68. The molecule has 3 rings (SSSR count). The molecule has 9 heteroatoms. The zero-order chi connectivity index (χ0) is 20.4. The third kappa shape index (κ3) is 3.66. The van der Waals surface area contributed by atoms with Gasteiger partial charge in [0.2, 0.25) is 5.95 Å². The van der Waals surface area contributed by atoms with Gasteiger partial charge in [-0.1, -0.05) is 6.92 Å². The largest absolute Gasteiger partial charge is 0.465 e. The first kappa shape index (κ1) is 20.1. The fraction of sp³-hybridized carbons (Fsp3) is 0.368. The number of carbonyl (C=O) groups is 2. The number of aryl methyl sites for hydroxylation is 3. The van der Waals surface area contributed by atoms with Gasteiger partial charge in [0.15, 0.2) is 0 Å². The number of ether oxygens (including phenoxy) is 1. The highest BCUT2D eigenvalue weighted by atomic mass is 79.9. The fourth-order valence-corrected chi connectivity index (χ4v) is 3.79. The van der Waals surface area contributed by atoms with Crippen LogP contribution < -0.4 is 5.32 Å². The number of benzene rings is 1. The van der Waals surface area contributed by atoms with Gasteiger partial charge in [0.25, 0.3) is 5.91 Å². The lowest BCUT2D eigenvalue weighted by molar-refractivity contribution is 0.0600. The maximum atomic E-state index is 12.8. The lowest BCUT2D eigenvalue weighted by atomic mass is 10.2. The first-order valence-electron chi connectivity index (χ1n) is 9.03. The second-order valence-corrected chi connectivity index (χ2v) is 7.20. The molecule has 1 aromatic carbocycles. The first-order valence-corrected chi connectivity index (χ1v) is 9.82. The van der Waals surface area contributed by atoms with Crippen molar-refractivity contribution < 1.29 is 14.3 Å². The molecule has 1 amide bonds. The summed E-state index contributed by atoms with van der Waals surface area (Å²) >= 11 is 3.52. The molecule has 1 N–H and O–H groups in total. The van der Waals surface area contributed by atoms with E-state index in [-0.39, 0.29) is 5.91 Å². The number of rotatable bonds is 6. The summed E-state index contributed by atoms with van der Waals surface area (Å²) in [6.07, 6.45) is 0.853. The molecule has 0 unspecified atom stereocenters. The highest BCUT2D eigenvalue weighted by Gasteiger charge is 2.20. The van der Waals surface area contributed by atoms with Crippen molar-refractivity contribution in [2.45, 2.75) is 40.3 Å². The van der Waals surface area contributed by atoms with Crippen LogP contribution in [0.25, 0.3) is 11.0 Å². The summed E-state index contributed by atoms with van der Waals surface area (Å²) in [6, 6.07) is 5.11. The number of halogens is 1. The Labute approximate surface area is 171 Å². The molecule has 0 aliphatic rings. The number of esters is 1. The van der Waals surface area contributed by atoms with Crippen LogP contribution in [0.5, 0.6) is 0 Å². The van der Waals surface area contributed by atoms with Gasteiger partial charge in [-0.3, -0.25) is 14.8 Å². The van der Waals surface area contributed by atoms with Gasteiger partial charge in [0.05, 0.1) is 29.4 Å². The van der Waals surface area contributed by atoms with Crippen LogP contribution in [0.3, 0.4) is 0 Å². The molecule has 0 radical (unpaired) electrons. The zero-order valence-electron chi connectivity index (χ0n) is 16.2. The minimum absolute atomic E-state index is 0.278. The van der Waals surface area contributed by atoms with Crippen LogP contribution in [0.15, 0.2) is 22.7 Å². The van der Waals surface area contributed by atoms with Gasteiger partial charge in [-0.05, 0) is 54.4 Å². The number of amides is 1. The van der Waals surface area contributed by atoms with Crippen molar-refractivity contribution in [2.75, 3.05) is 12.4 Å². The van der Waals surface area contributed by atoms with Crippen LogP contribution in [0, 0.1) is 6.92 Å². The van der Waals surface area contributed by atoms with Crippen molar-refractivity contribution in [3.05, 3.63) is 39.6 Å². The summed E-state index contributed by atoms with van der Waals surface area (Å²) in [5.74, 6) is -0.300. The predicted molar refractivity (Wildman–Crippen MR) is 110 cm³/mol. The van der Waals surface area contributed by atoms with Crippen LogP contribution >= 0.6 is 15.9 Å². The monoisotopic (exact) mass is 447 g/mol. The van der Waals surface area contributed by atoms with Crippen molar-refractivity contribution in [1.29, 1.82) is 0 Å². The molecule has 0 saturated heterocycles. The van der Waals surface area contributed by atoms with Crippen LogP contribution in [-0.2, 0) is 17.8 Å². The minimum Gasteiger partial charge on any atom is -0.465 e. The number of carbonyl (C=O) groups excluding carboxylic acids is 2. The molecule has 0 fully saturated rings. The summed E-state index contributed by atoms with van der Waals surface area (Å²) < 4.78 is 9.09. The molecule has 0 aliphatic carbocycles. The quantitative estimate of drug-likeness (QED) is 0.580. The van der Waals surface area contributed by atoms with E-state index in [1.54, 1.807) is 22.9 Å². The normalized spacial score (nSPS) is 11.0. The van der Waals surface area contributed by atoms with E-state index < -0.39 is 5.97 Å². The molecule has 3 aromatic rings. The molecule has 0 aliphatic heterocycles. The summed E-state index contributed by atoms with van der Waals surface area (Å²) in [7, 11) is 1.33. The maximum Gasteiger partial charge on any atom is 0.337 e. The first-order chi connectivity index (χ1) is 13.4. The van der Waals surface area contributed by atoms with Crippen molar-refractivity contribution in [1.82, 2.24) is 19.3 Å². The van der Waals surface area contributed by atoms with E-state index in [0.717, 1.165) is 17.6 Å². The van der Waals surface area contributed by atoms with Crippen LogP contribution in [0.1, 0.15) is 46.8 Å². The van der Waals surface area contributed by atoms with Gasteiger partial charge in [-0.2, -0.15) is 5.10 Å². The minimum atomic E-state index is -0.444. The number of nitrogens with zero attached hydrogens (tertiary/aromatic N) is 4. The molecule has 2 aromatic heterocycles. The fourth-order valence-electron chi connectivity index (χ4n) is 3.12. The Balaban J connectivity index is 2.06. The summed E-state index contributed by atoms with van der Waals surface area (Å²) in [5, 5.41) is 7.21. The molecule has 8 nitrogen and oxygen atoms in total. The highest BCUT2D eigenvalue weighted by molar-refractivity contribution is 9.10. The van der Waals surface area contributed by atoms with Crippen molar-refractivity contribution in [3.8, 4) is 0 Å². The number of fused-ring (bicyclic) bond motifs is 1. The van der Waals surface area contributed by atoms with Crippen LogP contribution in [0.4, 0.5) is 5.95 Å². The van der Waals surface area contributed by atoms with Gasteiger partial charge < -0.3 is 9.30 Å². The van der Waals surface area contributed by atoms with Gasteiger partial charge in [-0.15, -0.1) is 0 Å². The van der Waals surface area contributed by atoms with Crippen LogP contribution in [0.2, 0.25) is 0 Å². The van der Waals surface area contributed by atoms with Gasteiger partial charge in [0, 0.05) is 17.6 Å². The number of methoxy groups -OCH3 is 1. The number of nitrogens with one attached hydrogen (secondary N) is 1. The van der Waals surface area contributed by atoms with Gasteiger partial charge in [-0.25, -0.2) is 9.78 Å². The van der Waals surface area contributed by atoms with E-state index in [1.165, 1.54) is 7.11 Å². The topological polar surface area (TPSA) is 91.0 Å². The van der Waals surface area contributed by atoms with Crippen molar-refractivity contribution in [2.24, 2.45) is 0 Å². The zero-order valence-corrected chi connectivity index (χ0v) is 17.8. The molecule has 28 heavy (non-hydrogen) atoms. The second kappa shape index (κ2) is 8.14. The lowest BCUT2D eigenvalue weighted by Crippen LogP contribution is -2.20. The number of hydrogen-bond acceptors (Lipinski definition) is 5. The second-order valence-electron chi connectivity index (χ2n) is 6.35. The van der Waals surface area contributed by atoms with E-state index in [1.807, 2.05) is 25.3 Å². The molecule has 148 valence electrons. The maximum absolute atomic E-state index is 12.8. The molecule has 0 bridgehead atoms.